The molecule has 2 heterocycles. The van der Waals surface area contributed by atoms with Crippen LogP contribution in [0, 0.1) is 0 Å². The van der Waals surface area contributed by atoms with Gasteiger partial charge in [0.2, 0.25) is 5.89 Å². The third-order valence-electron chi connectivity index (χ3n) is 2.46. The van der Waals surface area contributed by atoms with E-state index >= 15 is 0 Å². The number of nitrogens with zero attached hydrogens (tertiary/aromatic N) is 3. The molecule has 0 unspecified atom stereocenters. The Kier molecular flexibility index (Phi) is 3.64. The van der Waals surface area contributed by atoms with Gasteiger partial charge in [-0.05, 0) is 0 Å². The van der Waals surface area contributed by atoms with Crippen molar-refractivity contribution in [1.82, 2.24) is 15.0 Å². The van der Waals surface area contributed by atoms with Crippen LogP contribution < -0.4 is 0 Å². The summed E-state index contributed by atoms with van der Waals surface area (Å²) in [5.41, 5.74) is 0. The van der Waals surface area contributed by atoms with Gasteiger partial charge in [-0.2, -0.15) is 16.7 Å². The van der Waals surface area contributed by atoms with E-state index in [-0.39, 0.29) is 0 Å². The molecular formula is C10H17N3OS. The first-order valence-electron chi connectivity index (χ1n) is 5.38. The van der Waals surface area contributed by atoms with Crippen molar-refractivity contribution in [2.24, 2.45) is 0 Å². The summed E-state index contributed by atoms with van der Waals surface area (Å²) >= 11 is 2.01. The van der Waals surface area contributed by atoms with Gasteiger partial charge in [0.05, 0.1) is 6.54 Å². The Bertz CT molecular complexity index is 307. The fourth-order valence-corrected chi connectivity index (χ4v) is 2.50. The Morgan fingerprint density at radius 2 is 2.13 bits per heavy atom. The molecule has 1 aliphatic heterocycles. The maximum atomic E-state index is 5.22. The topological polar surface area (TPSA) is 42.2 Å². The number of rotatable bonds is 3. The summed E-state index contributed by atoms with van der Waals surface area (Å²) in [6, 6.07) is 0. The highest BCUT2D eigenvalue weighted by molar-refractivity contribution is 7.99. The molecule has 1 aromatic rings. The molecule has 15 heavy (non-hydrogen) atoms. The molecule has 0 N–H and O–H groups in total. The molecule has 0 bridgehead atoms. The Balaban J connectivity index is 1.91. The predicted octanol–water partition coefficient (Wildman–Crippen LogP) is 1.74. The highest BCUT2D eigenvalue weighted by Crippen LogP contribution is 2.14. The smallest absolute Gasteiger partial charge is 0.240 e. The van der Waals surface area contributed by atoms with Crippen LogP contribution in [-0.4, -0.2) is 39.6 Å². The van der Waals surface area contributed by atoms with Crippen LogP contribution in [-0.2, 0) is 6.54 Å². The first-order chi connectivity index (χ1) is 7.25. The molecule has 1 aliphatic rings. The van der Waals surface area contributed by atoms with Crippen molar-refractivity contribution < 1.29 is 4.52 Å². The van der Waals surface area contributed by atoms with Gasteiger partial charge in [-0.1, -0.05) is 19.0 Å². The largest absolute Gasteiger partial charge is 0.338 e. The van der Waals surface area contributed by atoms with Gasteiger partial charge < -0.3 is 4.52 Å². The van der Waals surface area contributed by atoms with E-state index in [1.54, 1.807) is 0 Å². The van der Waals surface area contributed by atoms with E-state index in [9.17, 15) is 0 Å². The molecule has 0 aromatic carbocycles. The van der Waals surface area contributed by atoms with Gasteiger partial charge in [-0.15, -0.1) is 0 Å². The zero-order valence-corrected chi connectivity index (χ0v) is 10.1. The maximum absolute atomic E-state index is 5.22. The van der Waals surface area contributed by atoms with Crippen LogP contribution in [0.15, 0.2) is 4.52 Å². The lowest BCUT2D eigenvalue weighted by Gasteiger charge is -2.24. The Morgan fingerprint density at radius 1 is 1.40 bits per heavy atom. The lowest BCUT2D eigenvalue weighted by atomic mass is 10.2. The van der Waals surface area contributed by atoms with Crippen molar-refractivity contribution in [3.63, 3.8) is 0 Å². The van der Waals surface area contributed by atoms with Crippen LogP contribution >= 0.6 is 11.8 Å². The molecule has 0 amide bonds. The SMILES string of the molecule is CC(C)c1noc(CN2CCSCC2)n1. The van der Waals surface area contributed by atoms with Crippen molar-refractivity contribution in [3.8, 4) is 0 Å². The summed E-state index contributed by atoms with van der Waals surface area (Å²) in [5.74, 6) is 4.34. The van der Waals surface area contributed by atoms with Crippen LogP contribution in [0.25, 0.3) is 0 Å². The maximum Gasteiger partial charge on any atom is 0.240 e. The van der Waals surface area contributed by atoms with E-state index in [0.717, 1.165) is 31.3 Å². The second-order valence-corrected chi connectivity index (χ2v) is 5.31. The van der Waals surface area contributed by atoms with Crippen LogP contribution in [0.5, 0.6) is 0 Å². The summed E-state index contributed by atoms with van der Waals surface area (Å²) in [4.78, 5) is 6.75. The monoisotopic (exact) mass is 227 g/mol. The lowest BCUT2D eigenvalue weighted by molar-refractivity contribution is 0.245. The Hall–Kier alpha value is -0.550. The standard InChI is InChI=1S/C10H17N3OS/c1-8(2)10-11-9(14-12-10)7-13-3-5-15-6-4-13/h8H,3-7H2,1-2H3. The van der Waals surface area contributed by atoms with Crippen LogP contribution in [0.2, 0.25) is 0 Å². The molecular weight excluding hydrogens is 210 g/mol. The number of hydrogen-bond donors (Lipinski definition) is 0. The van der Waals surface area contributed by atoms with Crippen molar-refractivity contribution in [3.05, 3.63) is 11.7 Å². The van der Waals surface area contributed by atoms with Crippen LogP contribution in [0.1, 0.15) is 31.5 Å². The van der Waals surface area contributed by atoms with Gasteiger partial charge in [-0.25, -0.2) is 0 Å². The van der Waals surface area contributed by atoms with Gasteiger partial charge >= 0.3 is 0 Å². The summed E-state index contributed by atoms with van der Waals surface area (Å²) in [6.07, 6.45) is 0. The van der Waals surface area contributed by atoms with Gasteiger partial charge in [0, 0.05) is 30.5 Å². The second kappa shape index (κ2) is 4.99. The third-order valence-corrected chi connectivity index (χ3v) is 3.41. The third kappa shape index (κ3) is 2.95. The Morgan fingerprint density at radius 3 is 2.73 bits per heavy atom. The molecule has 4 nitrogen and oxygen atoms in total. The van der Waals surface area contributed by atoms with Crippen molar-refractivity contribution in [1.29, 1.82) is 0 Å². The molecule has 1 aromatic heterocycles. The zero-order valence-electron chi connectivity index (χ0n) is 9.27. The van der Waals surface area contributed by atoms with Crippen LogP contribution in [0.4, 0.5) is 0 Å². The predicted molar refractivity (Wildman–Crippen MR) is 61.0 cm³/mol. The molecule has 0 saturated carbocycles. The molecule has 0 atom stereocenters. The van der Waals surface area contributed by atoms with E-state index < -0.39 is 0 Å². The molecule has 84 valence electrons. The lowest BCUT2D eigenvalue weighted by Crippen LogP contribution is -2.32. The molecule has 5 heteroatoms. The molecule has 0 aliphatic carbocycles. The number of aromatic nitrogens is 2. The van der Waals surface area contributed by atoms with E-state index in [1.165, 1.54) is 11.5 Å². The first-order valence-corrected chi connectivity index (χ1v) is 6.54. The van der Waals surface area contributed by atoms with Crippen molar-refractivity contribution in [2.75, 3.05) is 24.6 Å². The summed E-state index contributed by atoms with van der Waals surface area (Å²) in [7, 11) is 0. The van der Waals surface area contributed by atoms with E-state index in [2.05, 4.69) is 28.9 Å². The van der Waals surface area contributed by atoms with Gasteiger partial charge in [-0.3, -0.25) is 4.90 Å². The quantitative estimate of drug-likeness (QED) is 0.787. The second-order valence-electron chi connectivity index (χ2n) is 4.09. The van der Waals surface area contributed by atoms with Crippen molar-refractivity contribution in [2.45, 2.75) is 26.3 Å². The molecule has 0 spiro atoms. The first kappa shape index (κ1) is 11.0. The van der Waals surface area contributed by atoms with Gasteiger partial charge in [0.15, 0.2) is 5.82 Å². The normalized spacial score (nSPS) is 18.6. The van der Waals surface area contributed by atoms with E-state index in [4.69, 9.17) is 4.52 Å². The fourth-order valence-electron chi connectivity index (χ4n) is 1.52. The molecule has 1 saturated heterocycles. The zero-order chi connectivity index (χ0) is 10.7. The molecule has 1 fully saturated rings. The summed E-state index contributed by atoms with van der Waals surface area (Å²) in [6.45, 7) is 7.22. The minimum Gasteiger partial charge on any atom is -0.338 e. The van der Waals surface area contributed by atoms with Gasteiger partial charge in [0.1, 0.15) is 0 Å². The molecule has 2 rings (SSSR count). The van der Waals surface area contributed by atoms with Crippen molar-refractivity contribution >= 4 is 11.8 Å². The minimum absolute atomic E-state index is 0.347. The summed E-state index contributed by atoms with van der Waals surface area (Å²) < 4.78 is 5.22. The number of hydrogen-bond acceptors (Lipinski definition) is 5. The molecule has 0 radical (unpaired) electrons. The average Bonchev–Trinajstić information content (AvgIpc) is 2.68. The Labute approximate surface area is 94.4 Å². The summed E-state index contributed by atoms with van der Waals surface area (Å²) in [5, 5.41) is 3.96. The van der Waals surface area contributed by atoms with E-state index in [1.807, 2.05) is 11.8 Å². The van der Waals surface area contributed by atoms with Crippen LogP contribution in [0.3, 0.4) is 0 Å². The average molecular weight is 227 g/mol. The fraction of sp³-hybridized carbons (Fsp3) is 0.800. The highest BCUT2D eigenvalue weighted by atomic mass is 32.2. The van der Waals surface area contributed by atoms with E-state index in [0.29, 0.717) is 5.92 Å². The van der Waals surface area contributed by atoms with Gasteiger partial charge in [0.25, 0.3) is 0 Å². The highest BCUT2D eigenvalue weighted by Gasteiger charge is 2.15. The number of thioether (sulfide) groups is 1. The minimum atomic E-state index is 0.347.